The maximum absolute atomic E-state index is 11.0. The summed E-state index contributed by atoms with van der Waals surface area (Å²) in [7, 11) is 3.79. The van der Waals surface area contributed by atoms with Crippen LogP contribution in [-0.4, -0.2) is 54.1 Å². The Morgan fingerprint density at radius 1 is 1.27 bits per heavy atom. The molecule has 0 aromatic heterocycles. The zero-order valence-corrected chi connectivity index (χ0v) is 17.1. The second-order valence-corrected chi connectivity index (χ2v) is 9.06. The molecular weight excluding hydrogens is 380 g/mol. The molecule has 6 nitrogen and oxygen atoms in total. The van der Waals surface area contributed by atoms with Crippen LogP contribution in [0.3, 0.4) is 0 Å². The van der Waals surface area contributed by atoms with E-state index >= 15 is 0 Å². The van der Waals surface area contributed by atoms with Gasteiger partial charge in [-0.2, -0.15) is 0 Å². The predicted molar refractivity (Wildman–Crippen MR) is 114 cm³/mol. The van der Waals surface area contributed by atoms with Gasteiger partial charge in [-0.3, -0.25) is 0 Å². The van der Waals surface area contributed by atoms with Crippen molar-refractivity contribution in [3.05, 3.63) is 47.5 Å². The van der Waals surface area contributed by atoms with Crippen LogP contribution in [0.1, 0.15) is 17.5 Å². The van der Waals surface area contributed by atoms with Crippen LogP contribution in [-0.2, 0) is 11.8 Å². The summed E-state index contributed by atoms with van der Waals surface area (Å²) >= 11 is 0. The first kappa shape index (κ1) is 18.1. The molecule has 4 aliphatic rings. The Kier molecular flexibility index (Phi) is 3.58. The Hall–Kier alpha value is -2.70. The van der Waals surface area contributed by atoms with E-state index in [1.54, 1.807) is 13.2 Å². The maximum Gasteiger partial charge on any atom is 0.165 e. The van der Waals surface area contributed by atoms with E-state index in [4.69, 9.17) is 15.2 Å². The summed E-state index contributed by atoms with van der Waals surface area (Å²) in [5.41, 5.74) is 10.5. The first-order valence-corrected chi connectivity index (χ1v) is 10.5. The molecule has 2 aliphatic heterocycles. The number of methoxy groups -OCH3 is 1. The summed E-state index contributed by atoms with van der Waals surface area (Å²) in [6, 6.07) is 7.86. The van der Waals surface area contributed by atoms with Crippen LogP contribution in [0.4, 0.5) is 5.69 Å². The summed E-state index contributed by atoms with van der Waals surface area (Å²) < 4.78 is 11.7. The number of ether oxygens (including phenoxy) is 2. The van der Waals surface area contributed by atoms with Gasteiger partial charge in [-0.1, -0.05) is 18.2 Å². The highest BCUT2D eigenvalue weighted by molar-refractivity contribution is 5.79. The zero-order valence-electron chi connectivity index (χ0n) is 17.1. The number of hydrogen-bond acceptors (Lipinski definition) is 6. The van der Waals surface area contributed by atoms with E-state index < -0.39 is 6.10 Å². The third-order valence-electron chi connectivity index (χ3n) is 7.82. The lowest BCUT2D eigenvalue weighted by Gasteiger charge is -2.56. The van der Waals surface area contributed by atoms with Crippen molar-refractivity contribution < 1.29 is 19.7 Å². The quantitative estimate of drug-likeness (QED) is 0.525. The zero-order chi connectivity index (χ0) is 20.8. The summed E-state index contributed by atoms with van der Waals surface area (Å²) in [6.07, 6.45) is 4.77. The minimum Gasteiger partial charge on any atom is -0.504 e. The van der Waals surface area contributed by atoms with Crippen LogP contribution >= 0.6 is 0 Å². The number of anilines is 1. The van der Waals surface area contributed by atoms with Crippen molar-refractivity contribution in [2.24, 2.45) is 5.92 Å². The van der Waals surface area contributed by atoms with Crippen molar-refractivity contribution in [3.63, 3.8) is 0 Å². The van der Waals surface area contributed by atoms with Crippen molar-refractivity contribution in [2.75, 3.05) is 26.4 Å². The lowest BCUT2D eigenvalue weighted by molar-refractivity contribution is -0.0452. The van der Waals surface area contributed by atoms with Crippen LogP contribution in [0.25, 0.3) is 11.1 Å². The molecular formula is C24H26N2O4. The largest absolute Gasteiger partial charge is 0.504 e. The number of aromatic hydroxyl groups is 1. The van der Waals surface area contributed by atoms with Gasteiger partial charge in [-0.25, -0.2) is 0 Å². The number of nitrogens with zero attached hydrogens (tertiary/aromatic N) is 1. The Balaban J connectivity index is 1.64. The van der Waals surface area contributed by atoms with Gasteiger partial charge in [0.2, 0.25) is 0 Å². The molecule has 30 heavy (non-hydrogen) atoms. The van der Waals surface area contributed by atoms with E-state index in [9.17, 15) is 10.2 Å². The fraction of sp³-hybridized carbons (Fsp3) is 0.417. The van der Waals surface area contributed by atoms with Crippen LogP contribution in [0.15, 0.2) is 36.4 Å². The normalized spacial score (nSPS) is 33.2. The molecule has 1 spiro atoms. The van der Waals surface area contributed by atoms with Gasteiger partial charge in [-0.15, -0.1) is 0 Å². The van der Waals surface area contributed by atoms with Gasteiger partial charge in [0, 0.05) is 22.9 Å². The highest BCUT2D eigenvalue weighted by atomic mass is 16.5. The molecule has 0 saturated carbocycles. The minimum atomic E-state index is -0.678. The number of likely N-dealkylation sites (N-methyl/N-ethyl adjacent to an activating group) is 1. The Morgan fingerprint density at radius 3 is 2.90 bits per heavy atom. The van der Waals surface area contributed by atoms with Crippen molar-refractivity contribution in [2.45, 2.75) is 36.5 Å². The SMILES string of the molecule is COc1cc(-c2cc(O)c3c4c2C[C@@H]2[C@@H]5C=C[C@H](O)[C@H](O3)[C@]45CCN2C)ccc1N. The lowest BCUT2D eigenvalue weighted by Crippen LogP contribution is -2.64. The molecule has 6 heteroatoms. The second-order valence-electron chi connectivity index (χ2n) is 9.06. The predicted octanol–water partition coefficient (Wildman–Crippen LogP) is 2.46. The molecule has 2 bridgehead atoms. The van der Waals surface area contributed by atoms with E-state index in [0.717, 1.165) is 36.1 Å². The highest BCUT2D eigenvalue weighted by Crippen LogP contribution is 2.63. The second kappa shape index (κ2) is 5.93. The Labute approximate surface area is 175 Å². The number of nitrogens with two attached hydrogens (primary N) is 1. The summed E-state index contributed by atoms with van der Waals surface area (Å²) in [5, 5.41) is 21.8. The average Bonchev–Trinajstić information content (AvgIpc) is 3.09. The van der Waals surface area contributed by atoms with E-state index in [0.29, 0.717) is 23.2 Å². The number of likely N-dealkylation sites (tertiary alicyclic amines) is 1. The van der Waals surface area contributed by atoms with Crippen molar-refractivity contribution in [3.8, 4) is 28.4 Å². The number of nitrogen functional groups attached to an aromatic ring is 1. The molecule has 6 rings (SSSR count). The molecule has 0 radical (unpaired) electrons. The van der Waals surface area contributed by atoms with E-state index in [1.807, 2.05) is 24.3 Å². The van der Waals surface area contributed by atoms with Crippen LogP contribution < -0.4 is 15.2 Å². The van der Waals surface area contributed by atoms with Gasteiger partial charge in [-0.05, 0) is 61.3 Å². The van der Waals surface area contributed by atoms with Crippen molar-refractivity contribution >= 4 is 5.69 Å². The molecule has 1 saturated heterocycles. The summed E-state index contributed by atoms with van der Waals surface area (Å²) in [4.78, 5) is 2.43. The van der Waals surface area contributed by atoms with E-state index in [1.165, 1.54) is 5.56 Å². The molecule has 2 aromatic rings. The molecule has 0 amide bonds. The third kappa shape index (κ3) is 2.05. The third-order valence-corrected chi connectivity index (χ3v) is 7.82. The van der Waals surface area contributed by atoms with E-state index in [2.05, 4.69) is 18.0 Å². The Morgan fingerprint density at radius 2 is 2.10 bits per heavy atom. The fourth-order valence-corrected chi connectivity index (χ4v) is 6.46. The molecule has 4 N–H and O–H groups in total. The number of hydrogen-bond donors (Lipinski definition) is 3. The molecule has 0 unspecified atom stereocenters. The number of piperidine rings is 1. The average molecular weight is 406 g/mol. The molecule has 5 atom stereocenters. The van der Waals surface area contributed by atoms with Gasteiger partial charge < -0.3 is 30.3 Å². The standard InChI is InChI=1S/C24H26N2O4/c1-26-8-7-24-15-4-6-18(27)23(24)30-22-19(28)11-13(14(21(22)24)10-17(15)26)12-3-5-16(25)20(9-12)29-2/h3-6,9,11,15,17-18,23,27-28H,7-8,10,25H2,1-2H3/t15-,17+,18-,23-,24-/m0/s1. The Bertz CT molecular complexity index is 1100. The van der Waals surface area contributed by atoms with Crippen LogP contribution in [0, 0.1) is 5.92 Å². The van der Waals surface area contributed by atoms with Gasteiger partial charge in [0.25, 0.3) is 0 Å². The van der Waals surface area contributed by atoms with Crippen LogP contribution in [0.2, 0.25) is 0 Å². The number of phenols is 1. The number of aliphatic hydroxyl groups is 1. The number of rotatable bonds is 2. The lowest BCUT2D eigenvalue weighted by atomic mass is 9.53. The van der Waals surface area contributed by atoms with Gasteiger partial charge in [0.1, 0.15) is 18.0 Å². The summed E-state index contributed by atoms with van der Waals surface area (Å²) in [5.74, 6) is 1.56. The fourth-order valence-electron chi connectivity index (χ4n) is 6.46. The topological polar surface area (TPSA) is 88.2 Å². The smallest absolute Gasteiger partial charge is 0.165 e. The summed E-state index contributed by atoms with van der Waals surface area (Å²) in [6.45, 7) is 0.946. The number of aliphatic hydroxyl groups excluding tert-OH is 1. The number of phenolic OH excluding ortho intramolecular Hbond substituents is 1. The molecule has 1 fully saturated rings. The maximum atomic E-state index is 11.0. The van der Waals surface area contributed by atoms with Crippen LogP contribution in [0.5, 0.6) is 17.2 Å². The van der Waals surface area contributed by atoms with E-state index in [-0.39, 0.29) is 23.2 Å². The van der Waals surface area contributed by atoms with Gasteiger partial charge in [0.15, 0.2) is 11.5 Å². The highest BCUT2D eigenvalue weighted by Gasteiger charge is 2.64. The molecule has 2 aliphatic carbocycles. The van der Waals surface area contributed by atoms with Crippen molar-refractivity contribution in [1.29, 1.82) is 0 Å². The molecule has 2 heterocycles. The minimum absolute atomic E-state index is 0.131. The molecule has 156 valence electrons. The van der Waals surface area contributed by atoms with Gasteiger partial charge in [0.05, 0.1) is 12.8 Å². The monoisotopic (exact) mass is 406 g/mol. The first-order valence-electron chi connectivity index (χ1n) is 10.5. The first-order chi connectivity index (χ1) is 14.5. The number of benzene rings is 2. The van der Waals surface area contributed by atoms with Crippen molar-refractivity contribution in [1.82, 2.24) is 4.90 Å². The van der Waals surface area contributed by atoms with Gasteiger partial charge >= 0.3 is 0 Å². The molecule has 2 aromatic carbocycles.